The van der Waals surface area contributed by atoms with Crippen LogP contribution in [0.1, 0.15) is 27.2 Å². The van der Waals surface area contributed by atoms with Crippen molar-refractivity contribution in [1.82, 2.24) is 9.80 Å². The summed E-state index contributed by atoms with van der Waals surface area (Å²) in [5.41, 5.74) is 1.32. The zero-order chi connectivity index (χ0) is 10.7. The molecule has 2 nitrogen and oxygen atoms in total. The number of likely N-dealkylation sites (tertiary alicyclic amines) is 1. The van der Waals surface area contributed by atoms with E-state index < -0.39 is 0 Å². The first-order valence-electron chi connectivity index (χ1n) is 5.70. The van der Waals surface area contributed by atoms with E-state index in [1.165, 1.54) is 25.2 Å². The SMILES string of the molecule is C=C1C(N(C)CC(C)C)CCN1CC. The van der Waals surface area contributed by atoms with Crippen molar-refractivity contribution in [2.45, 2.75) is 33.2 Å². The van der Waals surface area contributed by atoms with Crippen LogP contribution in [0.25, 0.3) is 0 Å². The Morgan fingerprint density at radius 1 is 1.57 bits per heavy atom. The van der Waals surface area contributed by atoms with Crippen molar-refractivity contribution in [1.29, 1.82) is 0 Å². The van der Waals surface area contributed by atoms with Crippen LogP contribution in [-0.4, -0.2) is 42.5 Å². The number of hydrogen-bond acceptors (Lipinski definition) is 2. The van der Waals surface area contributed by atoms with Gasteiger partial charge in [-0.3, -0.25) is 4.90 Å². The molecule has 1 aliphatic rings. The Labute approximate surface area is 88.6 Å². The topological polar surface area (TPSA) is 6.48 Å². The van der Waals surface area contributed by atoms with Crippen molar-refractivity contribution in [3.05, 3.63) is 12.3 Å². The zero-order valence-corrected chi connectivity index (χ0v) is 10.1. The molecule has 0 N–H and O–H groups in total. The second-order valence-corrected chi connectivity index (χ2v) is 4.71. The lowest BCUT2D eigenvalue weighted by Gasteiger charge is -2.28. The first-order valence-corrected chi connectivity index (χ1v) is 5.70. The van der Waals surface area contributed by atoms with E-state index in [1.807, 2.05) is 0 Å². The molecule has 14 heavy (non-hydrogen) atoms. The standard InChI is InChI=1S/C12H24N2/c1-6-14-8-7-12(11(14)4)13(5)9-10(2)3/h10,12H,4,6-9H2,1-3,5H3. The van der Waals surface area contributed by atoms with Gasteiger partial charge in [-0.15, -0.1) is 0 Å². The van der Waals surface area contributed by atoms with Crippen LogP contribution < -0.4 is 0 Å². The van der Waals surface area contributed by atoms with Gasteiger partial charge in [0.1, 0.15) is 0 Å². The summed E-state index contributed by atoms with van der Waals surface area (Å²) in [5.74, 6) is 0.739. The number of likely N-dealkylation sites (N-methyl/N-ethyl adjacent to an activating group) is 2. The Balaban J connectivity index is 2.50. The number of hydrogen-bond donors (Lipinski definition) is 0. The van der Waals surface area contributed by atoms with Gasteiger partial charge < -0.3 is 4.90 Å². The molecule has 0 amide bonds. The van der Waals surface area contributed by atoms with E-state index in [2.05, 4.69) is 44.2 Å². The quantitative estimate of drug-likeness (QED) is 0.680. The normalized spacial score (nSPS) is 22.9. The maximum Gasteiger partial charge on any atom is 0.0505 e. The van der Waals surface area contributed by atoms with Gasteiger partial charge in [0, 0.05) is 25.3 Å². The van der Waals surface area contributed by atoms with Crippen LogP contribution in [0.5, 0.6) is 0 Å². The van der Waals surface area contributed by atoms with Crippen LogP contribution in [0.4, 0.5) is 0 Å². The van der Waals surface area contributed by atoms with Crippen LogP contribution in [0.15, 0.2) is 12.3 Å². The van der Waals surface area contributed by atoms with E-state index in [9.17, 15) is 0 Å². The van der Waals surface area contributed by atoms with Gasteiger partial charge in [-0.1, -0.05) is 20.4 Å². The van der Waals surface area contributed by atoms with Gasteiger partial charge in [-0.2, -0.15) is 0 Å². The number of nitrogens with zero attached hydrogens (tertiary/aromatic N) is 2. The Morgan fingerprint density at radius 3 is 2.64 bits per heavy atom. The lowest BCUT2D eigenvalue weighted by Crippen LogP contribution is -2.35. The third-order valence-corrected chi connectivity index (χ3v) is 3.03. The first-order chi connectivity index (χ1) is 6.56. The van der Waals surface area contributed by atoms with Crippen molar-refractivity contribution in [2.75, 3.05) is 26.7 Å². The van der Waals surface area contributed by atoms with Gasteiger partial charge in [0.05, 0.1) is 6.04 Å². The molecule has 0 radical (unpaired) electrons. The first kappa shape index (κ1) is 11.6. The van der Waals surface area contributed by atoms with Crippen molar-refractivity contribution in [3.63, 3.8) is 0 Å². The molecular formula is C12H24N2. The highest BCUT2D eigenvalue weighted by Gasteiger charge is 2.28. The minimum absolute atomic E-state index is 0.581. The van der Waals surface area contributed by atoms with Crippen molar-refractivity contribution in [2.24, 2.45) is 5.92 Å². The van der Waals surface area contributed by atoms with E-state index in [1.54, 1.807) is 0 Å². The predicted octanol–water partition coefficient (Wildman–Crippen LogP) is 2.18. The van der Waals surface area contributed by atoms with Gasteiger partial charge in [-0.05, 0) is 26.3 Å². The van der Waals surface area contributed by atoms with Gasteiger partial charge in [0.25, 0.3) is 0 Å². The fourth-order valence-electron chi connectivity index (χ4n) is 2.34. The maximum atomic E-state index is 4.20. The molecule has 1 rings (SSSR count). The summed E-state index contributed by atoms with van der Waals surface area (Å²) in [6.07, 6.45) is 1.25. The molecular weight excluding hydrogens is 172 g/mol. The molecule has 0 aliphatic carbocycles. The van der Waals surface area contributed by atoms with Gasteiger partial charge >= 0.3 is 0 Å². The van der Waals surface area contributed by atoms with Crippen LogP contribution in [0.2, 0.25) is 0 Å². The van der Waals surface area contributed by atoms with E-state index in [4.69, 9.17) is 0 Å². The van der Waals surface area contributed by atoms with E-state index in [0.29, 0.717) is 6.04 Å². The van der Waals surface area contributed by atoms with E-state index >= 15 is 0 Å². The Kier molecular flexibility index (Phi) is 3.99. The number of rotatable bonds is 4. The summed E-state index contributed by atoms with van der Waals surface area (Å²) in [7, 11) is 2.22. The zero-order valence-electron chi connectivity index (χ0n) is 10.1. The van der Waals surface area contributed by atoms with Crippen LogP contribution in [0.3, 0.4) is 0 Å². The van der Waals surface area contributed by atoms with Crippen LogP contribution in [0, 0.1) is 5.92 Å². The largest absolute Gasteiger partial charge is 0.374 e. The second kappa shape index (κ2) is 4.83. The van der Waals surface area contributed by atoms with Gasteiger partial charge in [0.15, 0.2) is 0 Å². The summed E-state index contributed by atoms with van der Waals surface area (Å²) in [6, 6.07) is 0.581. The Bertz CT molecular complexity index is 198. The molecule has 0 bridgehead atoms. The lowest BCUT2D eigenvalue weighted by atomic mass is 10.1. The molecule has 0 aromatic carbocycles. The average molecular weight is 196 g/mol. The summed E-state index contributed by atoms with van der Waals surface area (Å²) in [4.78, 5) is 4.84. The van der Waals surface area contributed by atoms with Crippen LogP contribution >= 0.6 is 0 Å². The van der Waals surface area contributed by atoms with Crippen molar-refractivity contribution >= 4 is 0 Å². The van der Waals surface area contributed by atoms with E-state index in [0.717, 1.165) is 12.5 Å². The molecule has 0 aromatic rings. The molecule has 0 aromatic heterocycles. The van der Waals surface area contributed by atoms with Crippen molar-refractivity contribution in [3.8, 4) is 0 Å². The minimum atomic E-state index is 0.581. The summed E-state index contributed by atoms with van der Waals surface area (Å²) < 4.78 is 0. The lowest BCUT2D eigenvalue weighted by molar-refractivity contribution is 0.243. The molecule has 1 unspecified atom stereocenters. The highest BCUT2D eigenvalue weighted by molar-refractivity contribution is 5.10. The average Bonchev–Trinajstić information content (AvgIpc) is 2.45. The fraction of sp³-hybridized carbons (Fsp3) is 0.833. The molecule has 1 fully saturated rings. The molecule has 1 atom stereocenters. The summed E-state index contributed by atoms with van der Waals surface area (Å²) >= 11 is 0. The highest BCUT2D eigenvalue weighted by Crippen LogP contribution is 2.24. The molecule has 0 spiro atoms. The van der Waals surface area contributed by atoms with E-state index in [-0.39, 0.29) is 0 Å². The summed E-state index contributed by atoms with van der Waals surface area (Å²) in [6.45, 7) is 14.4. The third kappa shape index (κ3) is 2.50. The Hall–Kier alpha value is -0.500. The van der Waals surface area contributed by atoms with Gasteiger partial charge in [-0.25, -0.2) is 0 Å². The molecule has 0 saturated carbocycles. The minimum Gasteiger partial charge on any atom is -0.374 e. The maximum absolute atomic E-state index is 4.20. The monoisotopic (exact) mass is 196 g/mol. The summed E-state index contributed by atoms with van der Waals surface area (Å²) in [5, 5.41) is 0. The van der Waals surface area contributed by atoms with Crippen LogP contribution in [-0.2, 0) is 0 Å². The third-order valence-electron chi connectivity index (χ3n) is 3.03. The molecule has 1 aliphatic heterocycles. The van der Waals surface area contributed by atoms with Gasteiger partial charge in [0.2, 0.25) is 0 Å². The predicted molar refractivity (Wildman–Crippen MR) is 62.3 cm³/mol. The molecule has 1 saturated heterocycles. The smallest absolute Gasteiger partial charge is 0.0505 e. The molecule has 2 heteroatoms. The fourth-order valence-corrected chi connectivity index (χ4v) is 2.34. The molecule has 82 valence electrons. The van der Waals surface area contributed by atoms with Crippen molar-refractivity contribution < 1.29 is 0 Å². The Morgan fingerprint density at radius 2 is 2.21 bits per heavy atom. The molecule has 1 heterocycles. The second-order valence-electron chi connectivity index (χ2n) is 4.71. The highest BCUT2D eigenvalue weighted by atomic mass is 15.2.